The van der Waals surface area contributed by atoms with Gasteiger partial charge in [0.05, 0.1) is 89.0 Å². The molecule has 376 valence electrons. The Morgan fingerprint density at radius 3 is 0.913 bits per heavy atom. The molecule has 0 atom stereocenters. The van der Waals surface area contributed by atoms with Crippen molar-refractivity contribution in [2.75, 3.05) is 81.3 Å². The van der Waals surface area contributed by atoms with Crippen LogP contribution in [0.2, 0.25) is 0 Å². The predicted octanol–water partition coefficient (Wildman–Crippen LogP) is 14.4. The summed E-state index contributed by atoms with van der Waals surface area (Å²) in [6.45, 7) is 11.1. The maximum Gasteiger partial charge on any atom is 0.380 e. The molecule has 8 nitrogen and oxygen atoms in total. The van der Waals surface area contributed by atoms with Crippen LogP contribution in [0.3, 0.4) is 0 Å². The molecule has 0 amide bonds. The molecule has 0 bridgehead atoms. The van der Waals surface area contributed by atoms with Crippen molar-refractivity contribution in [1.82, 2.24) is 0 Å². The Kier molecular flexibility index (Phi) is 18.3. The van der Waals surface area contributed by atoms with Gasteiger partial charge < -0.3 is 37.9 Å². The topological polar surface area (TPSA) is 73.8 Å². The van der Waals surface area contributed by atoms with Gasteiger partial charge in [-0.2, -0.15) is 26.3 Å². The van der Waals surface area contributed by atoms with E-state index in [1.165, 1.54) is 57.5 Å². The number of aryl methyl sites for hydroxylation is 4. The lowest BCUT2D eigenvalue weighted by atomic mass is 9.94. The fourth-order valence-corrected chi connectivity index (χ4v) is 14.7. The van der Waals surface area contributed by atoms with E-state index < -0.39 is 28.9 Å². The molecule has 7 rings (SSSR count). The zero-order valence-corrected chi connectivity index (χ0v) is 44.3. The normalized spacial score (nSPS) is 15.4. The Morgan fingerprint density at radius 1 is 0.362 bits per heavy atom. The molecule has 0 unspecified atom stereocenters. The molecular weight excluding hydrogens is 1020 g/mol. The Hall–Kier alpha value is -2.80. The van der Waals surface area contributed by atoms with Crippen LogP contribution in [0.1, 0.15) is 52.9 Å². The molecule has 0 saturated carbocycles. The Bertz CT molecular complexity index is 2530. The van der Waals surface area contributed by atoms with Crippen molar-refractivity contribution in [3.63, 3.8) is 0 Å². The van der Waals surface area contributed by atoms with Gasteiger partial charge in [-0.1, -0.05) is 0 Å². The summed E-state index contributed by atoms with van der Waals surface area (Å²) in [6.07, 6.45) is 0. The van der Waals surface area contributed by atoms with Gasteiger partial charge in [0.25, 0.3) is 0 Å². The molecule has 6 heterocycles. The minimum atomic E-state index is -5.81. The fourth-order valence-electron chi connectivity index (χ4n) is 7.54. The van der Waals surface area contributed by atoms with Crippen LogP contribution >= 0.6 is 68.0 Å². The number of hydrogen-bond donors (Lipinski definition) is 0. The van der Waals surface area contributed by atoms with Gasteiger partial charge in [-0.25, -0.2) is 0 Å². The zero-order valence-electron chi connectivity index (χ0n) is 39.4. The molecule has 1 aliphatic carbocycles. The lowest BCUT2D eigenvalue weighted by molar-refractivity contribution is -0.254. The summed E-state index contributed by atoms with van der Waals surface area (Å²) in [5, 5.41) is 0. The van der Waals surface area contributed by atoms with Crippen molar-refractivity contribution in [1.29, 1.82) is 0 Å². The maximum absolute atomic E-state index is 17.2. The van der Waals surface area contributed by atoms with E-state index in [4.69, 9.17) is 37.9 Å². The lowest BCUT2D eigenvalue weighted by Crippen LogP contribution is -2.48. The van der Waals surface area contributed by atoms with E-state index in [0.29, 0.717) is 82.1 Å². The second kappa shape index (κ2) is 23.4. The summed E-state index contributed by atoms with van der Waals surface area (Å²) in [4.78, 5) is 6.70. The summed E-state index contributed by atoms with van der Waals surface area (Å²) in [5.41, 5.74) is -0.316. The fraction of sp³-hybridized carbons (Fsp3) is 0.469. The molecule has 0 fully saturated rings. The first kappa shape index (κ1) is 54.0. The van der Waals surface area contributed by atoms with E-state index in [0.717, 1.165) is 64.4 Å². The van der Waals surface area contributed by atoms with E-state index in [2.05, 4.69) is 0 Å². The van der Waals surface area contributed by atoms with Crippen LogP contribution in [0.4, 0.5) is 26.3 Å². The van der Waals surface area contributed by atoms with Gasteiger partial charge >= 0.3 is 17.8 Å². The molecule has 1 aliphatic rings. The number of thiophene rings is 6. The quantitative estimate of drug-likeness (QED) is 0.0393. The Labute approximate surface area is 422 Å². The molecular formula is C49H54F6O8S6. The highest BCUT2D eigenvalue weighted by Gasteiger charge is 2.80. The second-order valence-electron chi connectivity index (χ2n) is 16.2. The molecule has 0 aliphatic heterocycles. The third-order valence-corrected chi connectivity index (χ3v) is 19.2. The van der Waals surface area contributed by atoms with Gasteiger partial charge in [-0.15, -0.1) is 68.0 Å². The zero-order chi connectivity index (χ0) is 49.7. The average Bonchev–Trinajstić information content (AvgIpc) is 4.19. The van der Waals surface area contributed by atoms with Crippen LogP contribution < -0.4 is 0 Å². The third kappa shape index (κ3) is 11.4. The number of allylic oxidation sites excluding steroid dienone is 2. The van der Waals surface area contributed by atoms with E-state index in [1.54, 1.807) is 40.6 Å². The first-order valence-electron chi connectivity index (χ1n) is 21.8. The second-order valence-corrected chi connectivity index (χ2v) is 22.9. The molecule has 0 radical (unpaired) electrons. The van der Waals surface area contributed by atoms with Gasteiger partial charge in [0.15, 0.2) is 0 Å². The first-order chi connectivity index (χ1) is 33.0. The summed E-state index contributed by atoms with van der Waals surface area (Å²) in [6, 6.07) is 10.0. The number of hydrogen-bond acceptors (Lipinski definition) is 14. The number of ether oxygens (including phenoxy) is 8. The standard InChI is InChI=1S/C49H54F6O8S6/c1-27-17-33(64-39(27)23-60-13-9-56-5)35-21-31(45(68-35)37-19-29(3)41(66-37)25-62-15-11-58-7)43-44(48(52,53)49(54,55)47(43,50)51)32-22-36(34-18-28(2)40(65-34)24-61-14-10-57-6)69-46(32)38-20-30(4)42(67-38)26-63-16-12-59-8/h17-22H,9-16,23-26H2,1-8H3. The average molecular weight is 1080 g/mol. The summed E-state index contributed by atoms with van der Waals surface area (Å²) in [5.74, 6) is -16.4. The minimum absolute atomic E-state index is 0.164. The van der Waals surface area contributed by atoms with E-state index >= 15 is 26.3 Å². The van der Waals surface area contributed by atoms with Crippen LogP contribution in [0, 0.1) is 27.7 Å². The van der Waals surface area contributed by atoms with Gasteiger partial charge in [0.2, 0.25) is 0 Å². The lowest BCUT2D eigenvalue weighted by Gasteiger charge is -2.25. The SMILES string of the molecule is COCCOCc1sc(-c2cc(C3=C(c4cc(-c5cc(C)c(COCCOC)s5)sc4-c4cc(C)c(COCCOC)s4)C(F)(F)C(F)(F)C3(F)F)c(-c3cc(C)c(COCCOC)s3)s2)cc1C. The van der Waals surface area contributed by atoms with Gasteiger partial charge in [0.1, 0.15) is 0 Å². The molecule has 0 saturated heterocycles. The van der Waals surface area contributed by atoms with Gasteiger partial charge in [-0.05, 0) is 86.3 Å². The molecule has 20 heteroatoms. The maximum atomic E-state index is 17.2. The highest BCUT2D eigenvalue weighted by Crippen LogP contribution is 2.68. The van der Waals surface area contributed by atoms with E-state index in [-0.39, 0.29) is 47.3 Å². The van der Waals surface area contributed by atoms with Crippen LogP contribution in [0.15, 0.2) is 36.4 Å². The van der Waals surface area contributed by atoms with Crippen molar-refractivity contribution < 1.29 is 64.2 Å². The van der Waals surface area contributed by atoms with Crippen LogP contribution in [-0.4, -0.2) is 99.1 Å². The van der Waals surface area contributed by atoms with Crippen molar-refractivity contribution in [3.8, 4) is 39.0 Å². The molecule has 0 aromatic carbocycles. The molecule has 0 N–H and O–H groups in total. The number of rotatable bonds is 26. The molecule has 6 aromatic heterocycles. The number of halogens is 6. The summed E-state index contributed by atoms with van der Waals surface area (Å²) >= 11 is 7.40. The molecule has 6 aromatic rings. The third-order valence-electron chi connectivity index (χ3n) is 11.3. The summed E-state index contributed by atoms with van der Waals surface area (Å²) < 4.78 is 145. The highest BCUT2D eigenvalue weighted by molar-refractivity contribution is 7.27. The van der Waals surface area contributed by atoms with Crippen LogP contribution in [0.25, 0.3) is 50.2 Å². The predicted molar refractivity (Wildman–Crippen MR) is 269 cm³/mol. The Morgan fingerprint density at radius 2 is 0.623 bits per heavy atom. The van der Waals surface area contributed by atoms with Crippen LogP contribution in [0.5, 0.6) is 0 Å². The number of methoxy groups -OCH3 is 4. The van der Waals surface area contributed by atoms with Crippen molar-refractivity contribution in [3.05, 3.63) is 89.3 Å². The van der Waals surface area contributed by atoms with Crippen molar-refractivity contribution >= 4 is 79.2 Å². The first-order valence-corrected chi connectivity index (χ1v) is 26.7. The van der Waals surface area contributed by atoms with Crippen LogP contribution in [-0.2, 0) is 64.3 Å². The number of alkyl halides is 6. The van der Waals surface area contributed by atoms with Crippen molar-refractivity contribution in [2.24, 2.45) is 0 Å². The smallest absolute Gasteiger partial charge is 0.380 e. The largest absolute Gasteiger partial charge is 0.382 e. The van der Waals surface area contributed by atoms with Crippen molar-refractivity contribution in [2.45, 2.75) is 71.9 Å². The molecule has 0 spiro atoms. The molecule has 69 heavy (non-hydrogen) atoms. The van der Waals surface area contributed by atoms with Gasteiger partial charge in [-0.3, -0.25) is 0 Å². The van der Waals surface area contributed by atoms with Gasteiger partial charge in [0, 0.05) is 99.5 Å². The monoisotopic (exact) mass is 1080 g/mol. The van der Waals surface area contributed by atoms with E-state index in [9.17, 15) is 0 Å². The summed E-state index contributed by atoms with van der Waals surface area (Å²) in [7, 11) is 6.24. The Balaban J connectivity index is 1.47. The highest BCUT2D eigenvalue weighted by atomic mass is 32.1. The minimum Gasteiger partial charge on any atom is -0.382 e. The van der Waals surface area contributed by atoms with E-state index in [1.807, 2.05) is 39.8 Å².